The van der Waals surface area contributed by atoms with Crippen LogP contribution in [0.15, 0.2) is 0 Å². The largest absolute Gasteiger partial charge is 0.352 e. The van der Waals surface area contributed by atoms with Crippen molar-refractivity contribution in [2.45, 2.75) is 26.6 Å². The molecule has 2 nitrogen and oxygen atoms in total. The number of methoxy groups -OCH3 is 1. The van der Waals surface area contributed by atoms with Crippen LogP contribution in [-0.4, -0.2) is 21.8 Å². The average Bonchev–Trinajstić information content (AvgIpc) is 1.80. The molecule has 0 saturated heterocycles. The van der Waals surface area contributed by atoms with Gasteiger partial charge in [-0.1, -0.05) is 19.6 Å². The summed E-state index contributed by atoms with van der Waals surface area (Å²) in [5, 5.41) is 0. The maximum absolute atomic E-state index is 5.31. The van der Waals surface area contributed by atoms with Crippen LogP contribution >= 0.6 is 0 Å². The molecule has 0 aromatic heterocycles. The maximum Gasteiger partial charge on any atom is 0.199 e. The minimum absolute atomic E-state index is 0.702. The van der Waals surface area contributed by atoms with Gasteiger partial charge in [0, 0.05) is 13.7 Å². The SMILES string of the molecule is CCO[C](OC)[Si](C)(C)C. The van der Waals surface area contributed by atoms with Crippen molar-refractivity contribution in [3.63, 3.8) is 0 Å². The number of ether oxygens (including phenoxy) is 2. The van der Waals surface area contributed by atoms with Crippen LogP contribution in [0.3, 0.4) is 0 Å². The van der Waals surface area contributed by atoms with E-state index >= 15 is 0 Å². The fourth-order valence-electron chi connectivity index (χ4n) is 0.713. The third-order valence-corrected chi connectivity index (χ3v) is 2.65. The summed E-state index contributed by atoms with van der Waals surface area (Å²) >= 11 is 0. The summed E-state index contributed by atoms with van der Waals surface area (Å²) in [6.07, 6.45) is 0. The topological polar surface area (TPSA) is 18.5 Å². The molecule has 0 unspecified atom stereocenters. The summed E-state index contributed by atoms with van der Waals surface area (Å²) in [4.78, 5) is 0. The van der Waals surface area contributed by atoms with Gasteiger partial charge in [-0.05, 0) is 6.92 Å². The lowest BCUT2D eigenvalue weighted by Gasteiger charge is -2.24. The van der Waals surface area contributed by atoms with Crippen LogP contribution in [0.4, 0.5) is 0 Å². The molecule has 0 aromatic carbocycles. The summed E-state index contributed by atoms with van der Waals surface area (Å²) < 4.78 is 10.4. The molecule has 0 aliphatic heterocycles. The van der Waals surface area contributed by atoms with Crippen LogP contribution in [0.5, 0.6) is 0 Å². The normalized spacial score (nSPS) is 12.6. The maximum atomic E-state index is 5.31. The molecular weight excluding hydrogens is 144 g/mol. The lowest BCUT2D eigenvalue weighted by Crippen LogP contribution is -2.34. The van der Waals surface area contributed by atoms with Gasteiger partial charge >= 0.3 is 0 Å². The van der Waals surface area contributed by atoms with Crippen LogP contribution in [0.25, 0.3) is 0 Å². The predicted molar refractivity (Wildman–Crippen MR) is 45.2 cm³/mol. The zero-order chi connectivity index (χ0) is 8.20. The predicted octanol–water partition coefficient (Wildman–Crippen LogP) is 2.04. The zero-order valence-electron chi connectivity index (χ0n) is 7.52. The fourth-order valence-corrected chi connectivity index (χ4v) is 1.90. The molecule has 10 heavy (non-hydrogen) atoms. The smallest absolute Gasteiger partial charge is 0.199 e. The molecule has 3 heteroatoms. The lowest BCUT2D eigenvalue weighted by molar-refractivity contribution is 0.0213. The van der Waals surface area contributed by atoms with Gasteiger partial charge in [-0.2, -0.15) is 0 Å². The van der Waals surface area contributed by atoms with E-state index in [0.29, 0.717) is 6.61 Å². The highest BCUT2D eigenvalue weighted by molar-refractivity contribution is 6.80. The Bertz CT molecular complexity index is 88.1. The molecular formula is C7H17O2Si. The van der Waals surface area contributed by atoms with E-state index in [9.17, 15) is 0 Å². The minimum atomic E-state index is -1.34. The van der Waals surface area contributed by atoms with Gasteiger partial charge < -0.3 is 9.47 Å². The molecule has 0 N–H and O–H groups in total. The summed E-state index contributed by atoms with van der Waals surface area (Å²) in [5.41, 5.74) is 0. The number of hydrogen-bond acceptors (Lipinski definition) is 2. The van der Waals surface area contributed by atoms with E-state index < -0.39 is 8.07 Å². The molecule has 0 bridgehead atoms. The van der Waals surface area contributed by atoms with E-state index in [1.807, 2.05) is 6.92 Å². The number of rotatable bonds is 4. The molecule has 0 amide bonds. The first-order valence-electron chi connectivity index (χ1n) is 3.56. The van der Waals surface area contributed by atoms with Gasteiger partial charge in [0.1, 0.15) is 8.07 Å². The van der Waals surface area contributed by atoms with E-state index in [2.05, 4.69) is 19.6 Å². The van der Waals surface area contributed by atoms with Gasteiger partial charge in [-0.3, -0.25) is 0 Å². The second-order valence-electron chi connectivity index (χ2n) is 3.17. The first-order valence-corrected chi connectivity index (χ1v) is 7.06. The van der Waals surface area contributed by atoms with Crippen molar-refractivity contribution in [2.75, 3.05) is 13.7 Å². The number of hydrogen-bond donors (Lipinski definition) is 0. The Balaban J connectivity index is 3.81. The third kappa shape index (κ3) is 3.34. The van der Waals surface area contributed by atoms with E-state index in [1.54, 1.807) is 7.11 Å². The van der Waals surface area contributed by atoms with Crippen molar-refractivity contribution in [3.05, 3.63) is 5.91 Å². The van der Waals surface area contributed by atoms with E-state index in [4.69, 9.17) is 9.47 Å². The Morgan fingerprint density at radius 1 is 1.30 bits per heavy atom. The molecule has 0 aliphatic carbocycles. The van der Waals surface area contributed by atoms with E-state index in [1.165, 1.54) is 0 Å². The van der Waals surface area contributed by atoms with E-state index in [0.717, 1.165) is 5.91 Å². The minimum Gasteiger partial charge on any atom is -0.352 e. The highest BCUT2D eigenvalue weighted by Crippen LogP contribution is 2.18. The highest BCUT2D eigenvalue weighted by Gasteiger charge is 2.28. The van der Waals surface area contributed by atoms with Crippen LogP contribution < -0.4 is 0 Å². The summed E-state index contributed by atoms with van der Waals surface area (Å²) in [5.74, 6) is 0.843. The van der Waals surface area contributed by atoms with Gasteiger partial charge in [0.25, 0.3) is 0 Å². The van der Waals surface area contributed by atoms with Crippen molar-refractivity contribution >= 4 is 8.07 Å². The first-order chi connectivity index (χ1) is 4.52. The van der Waals surface area contributed by atoms with Crippen molar-refractivity contribution in [2.24, 2.45) is 0 Å². The molecule has 0 aliphatic rings. The van der Waals surface area contributed by atoms with Crippen molar-refractivity contribution < 1.29 is 9.47 Å². The molecule has 0 rings (SSSR count). The van der Waals surface area contributed by atoms with Crippen LogP contribution in [0, 0.1) is 5.91 Å². The Morgan fingerprint density at radius 2 is 1.80 bits per heavy atom. The van der Waals surface area contributed by atoms with Crippen molar-refractivity contribution in [3.8, 4) is 0 Å². The van der Waals surface area contributed by atoms with E-state index in [-0.39, 0.29) is 0 Å². The molecule has 0 spiro atoms. The van der Waals surface area contributed by atoms with Gasteiger partial charge in [0.2, 0.25) is 0 Å². The Hall–Kier alpha value is 0.137. The van der Waals surface area contributed by atoms with Crippen LogP contribution in [-0.2, 0) is 9.47 Å². The molecule has 0 aromatic rings. The van der Waals surface area contributed by atoms with Gasteiger partial charge in [0.15, 0.2) is 5.91 Å². The Kier molecular flexibility index (Phi) is 4.16. The van der Waals surface area contributed by atoms with Crippen molar-refractivity contribution in [1.82, 2.24) is 0 Å². The molecule has 0 fully saturated rings. The monoisotopic (exact) mass is 161 g/mol. The summed E-state index contributed by atoms with van der Waals surface area (Å²) in [6.45, 7) is 9.26. The van der Waals surface area contributed by atoms with Gasteiger partial charge in [0.05, 0.1) is 0 Å². The second-order valence-corrected chi connectivity index (χ2v) is 8.08. The van der Waals surface area contributed by atoms with Crippen molar-refractivity contribution in [1.29, 1.82) is 0 Å². The zero-order valence-corrected chi connectivity index (χ0v) is 8.52. The molecule has 0 atom stereocenters. The van der Waals surface area contributed by atoms with Gasteiger partial charge in [-0.15, -0.1) is 0 Å². The Labute approximate surface area is 64.5 Å². The first kappa shape index (κ1) is 10.1. The van der Waals surface area contributed by atoms with Crippen LogP contribution in [0.2, 0.25) is 19.6 Å². The Morgan fingerprint density at radius 3 is 1.90 bits per heavy atom. The van der Waals surface area contributed by atoms with Crippen LogP contribution in [0.1, 0.15) is 6.92 Å². The lowest BCUT2D eigenvalue weighted by atomic mass is 10.9. The average molecular weight is 161 g/mol. The molecule has 0 heterocycles. The standard InChI is InChI=1S/C7H17O2Si/c1-6-9-7(8-2)10(3,4)5/h6H2,1-5H3. The summed E-state index contributed by atoms with van der Waals surface area (Å²) in [6, 6.07) is 0. The van der Waals surface area contributed by atoms with Gasteiger partial charge in [-0.25, -0.2) is 0 Å². The fraction of sp³-hybridized carbons (Fsp3) is 0.857. The third-order valence-electron chi connectivity index (χ3n) is 1.07. The summed E-state index contributed by atoms with van der Waals surface area (Å²) in [7, 11) is 0.334. The molecule has 61 valence electrons. The quantitative estimate of drug-likeness (QED) is 0.587. The highest BCUT2D eigenvalue weighted by atomic mass is 28.3. The molecule has 1 radical (unpaired) electrons. The molecule has 0 saturated carbocycles. The second kappa shape index (κ2) is 4.11.